The first-order valence-electron chi connectivity index (χ1n) is 10.1. The summed E-state index contributed by atoms with van der Waals surface area (Å²) >= 11 is 1.64. The van der Waals surface area contributed by atoms with Gasteiger partial charge in [0, 0.05) is 18.1 Å². The molecule has 2 unspecified atom stereocenters. The molecule has 4 rings (SSSR count). The number of amides is 1. The molecule has 0 saturated carbocycles. The monoisotopic (exact) mass is 401 g/mol. The Balaban J connectivity index is 1.39. The smallest absolute Gasteiger partial charge is 0.241 e. The molecule has 6 nitrogen and oxygen atoms in total. The summed E-state index contributed by atoms with van der Waals surface area (Å²) in [7, 11) is 0. The highest BCUT2D eigenvalue weighted by molar-refractivity contribution is 7.99. The van der Waals surface area contributed by atoms with Gasteiger partial charge in [-0.3, -0.25) is 9.59 Å². The minimum Gasteiger partial charge on any atom is -0.411 e. The number of aryl methyl sites for hydroxylation is 1. The fraction of sp³-hybridized carbons (Fsp3) is 0.571. The minimum absolute atomic E-state index is 0.0419. The number of fused-ring (bicyclic) bond motifs is 1. The number of rotatable bonds is 5. The fourth-order valence-corrected chi connectivity index (χ4v) is 5.88. The Morgan fingerprint density at radius 3 is 2.93 bits per heavy atom. The van der Waals surface area contributed by atoms with Crippen LogP contribution in [-0.4, -0.2) is 58.3 Å². The predicted molar refractivity (Wildman–Crippen MR) is 110 cm³/mol. The van der Waals surface area contributed by atoms with Gasteiger partial charge in [0.2, 0.25) is 5.91 Å². The Labute approximate surface area is 169 Å². The average molecular weight is 402 g/mol. The zero-order valence-electron chi connectivity index (χ0n) is 15.9. The van der Waals surface area contributed by atoms with E-state index in [1.807, 2.05) is 0 Å². The van der Waals surface area contributed by atoms with E-state index in [1.54, 1.807) is 16.7 Å². The number of nitrogens with one attached hydrogen (secondary N) is 1. The Morgan fingerprint density at radius 2 is 2.11 bits per heavy atom. The predicted octanol–water partition coefficient (Wildman–Crippen LogP) is 2.09. The highest BCUT2D eigenvalue weighted by Crippen LogP contribution is 2.31. The van der Waals surface area contributed by atoms with Crippen molar-refractivity contribution in [3.8, 4) is 0 Å². The molecule has 3 aliphatic rings. The van der Waals surface area contributed by atoms with Crippen LogP contribution in [0.5, 0.6) is 0 Å². The highest BCUT2D eigenvalue weighted by Gasteiger charge is 2.42. The Bertz CT molecular complexity index is 769. The summed E-state index contributed by atoms with van der Waals surface area (Å²) in [6, 6.07) is 7.86. The second kappa shape index (κ2) is 8.66. The first kappa shape index (κ1) is 19.5. The number of carbonyl (C=O) groups excluding carboxylic acids is 2. The third-order valence-corrected chi connectivity index (χ3v) is 7.32. The van der Waals surface area contributed by atoms with Gasteiger partial charge in [-0.05, 0) is 49.3 Å². The lowest BCUT2D eigenvalue weighted by Gasteiger charge is -2.28. The number of oxime groups is 1. The van der Waals surface area contributed by atoms with Crippen LogP contribution in [0.4, 0.5) is 0 Å². The maximum Gasteiger partial charge on any atom is 0.241 e. The largest absolute Gasteiger partial charge is 0.411 e. The molecule has 0 bridgehead atoms. The molecule has 2 N–H and O–H groups in total. The lowest BCUT2D eigenvalue weighted by atomic mass is 9.79. The summed E-state index contributed by atoms with van der Waals surface area (Å²) < 4.78 is 0. The normalized spacial score (nSPS) is 29.9. The molecule has 1 aromatic carbocycles. The summed E-state index contributed by atoms with van der Waals surface area (Å²) in [6.45, 7) is 0.694. The van der Waals surface area contributed by atoms with Crippen LogP contribution in [0.25, 0.3) is 0 Å². The van der Waals surface area contributed by atoms with E-state index in [1.165, 1.54) is 17.3 Å². The van der Waals surface area contributed by atoms with E-state index in [-0.39, 0.29) is 23.7 Å². The van der Waals surface area contributed by atoms with Crippen molar-refractivity contribution in [1.29, 1.82) is 0 Å². The van der Waals surface area contributed by atoms with Crippen LogP contribution >= 0.6 is 11.8 Å². The van der Waals surface area contributed by atoms with Gasteiger partial charge in [0.05, 0.1) is 24.2 Å². The van der Waals surface area contributed by atoms with Gasteiger partial charge in [-0.15, -0.1) is 11.8 Å². The highest BCUT2D eigenvalue weighted by atomic mass is 32.2. The molecular weight excluding hydrogens is 374 g/mol. The summed E-state index contributed by atoms with van der Waals surface area (Å²) in [5.74, 6) is 1.60. The van der Waals surface area contributed by atoms with Gasteiger partial charge in [0.1, 0.15) is 5.78 Å². The van der Waals surface area contributed by atoms with Crippen molar-refractivity contribution in [1.82, 2.24) is 10.2 Å². The lowest BCUT2D eigenvalue weighted by Crippen LogP contribution is -2.50. The van der Waals surface area contributed by atoms with Crippen molar-refractivity contribution in [2.45, 2.75) is 44.2 Å². The molecule has 2 aliphatic heterocycles. The molecule has 1 aliphatic carbocycles. The van der Waals surface area contributed by atoms with Crippen LogP contribution in [0.2, 0.25) is 0 Å². The summed E-state index contributed by atoms with van der Waals surface area (Å²) in [6.07, 6.45) is 5.71. The third kappa shape index (κ3) is 3.96. The minimum atomic E-state index is -0.448. The van der Waals surface area contributed by atoms with Gasteiger partial charge in [0.25, 0.3) is 0 Å². The maximum atomic E-state index is 13.1. The zero-order valence-corrected chi connectivity index (χ0v) is 16.7. The van der Waals surface area contributed by atoms with Crippen LogP contribution in [0.15, 0.2) is 29.4 Å². The quantitative estimate of drug-likeness (QED) is 0.449. The molecule has 2 fully saturated rings. The van der Waals surface area contributed by atoms with E-state index >= 15 is 0 Å². The maximum absolute atomic E-state index is 13.1. The molecule has 0 radical (unpaired) electrons. The number of hydrogen-bond donors (Lipinski definition) is 2. The van der Waals surface area contributed by atoms with Crippen LogP contribution < -0.4 is 5.32 Å². The van der Waals surface area contributed by atoms with E-state index in [4.69, 9.17) is 5.21 Å². The standard InChI is InChI=1S/C21H27N3O3S/c25-19(10-14-5-6-15-3-1-2-4-16(15)9-14)18-7-8-22-20(18)21(26)24-13-28-12-17(24)11-23-27/h1-4,11,14,17-18,20,22,27H,5-10,12-13H2/t14?,17-,18?,20-/m1/s1. The molecule has 1 amide bonds. The second-order valence-electron chi connectivity index (χ2n) is 8.01. The van der Waals surface area contributed by atoms with Gasteiger partial charge < -0.3 is 15.4 Å². The Kier molecular flexibility index (Phi) is 6.01. The lowest BCUT2D eigenvalue weighted by molar-refractivity contribution is -0.137. The average Bonchev–Trinajstić information content (AvgIpc) is 3.37. The zero-order chi connectivity index (χ0) is 19.5. The summed E-state index contributed by atoms with van der Waals surface area (Å²) in [5.41, 5.74) is 2.77. The van der Waals surface area contributed by atoms with Crippen molar-refractivity contribution in [3.63, 3.8) is 0 Å². The number of ketones is 1. The first-order valence-corrected chi connectivity index (χ1v) is 11.2. The van der Waals surface area contributed by atoms with Crippen molar-refractivity contribution < 1.29 is 14.8 Å². The molecule has 0 spiro atoms. The van der Waals surface area contributed by atoms with Crippen molar-refractivity contribution in [2.75, 3.05) is 18.2 Å². The molecule has 2 saturated heterocycles. The fourth-order valence-electron chi connectivity index (χ4n) is 4.76. The molecular formula is C21H27N3O3S. The molecule has 1 aromatic rings. The SMILES string of the molecule is O=C(CC1CCc2ccccc2C1)C1CCN[C@H]1C(=O)N1CSC[C@H]1C=NO. The molecule has 7 heteroatoms. The summed E-state index contributed by atoms with van der Waals surface area (Å²) in [5, 5.41) is 15.2. The van der Waals surface area contributed by atoms with E-state index < -0.39 is 6.04 Å². The number of thioether (sulfide) groups is 1. The number of carbonyl (C=O) groups is 2. The molecule has 4 atom stereocenters. The van der Waals surface area contributed by atoms with Crippen LogP contribution in [-0.2, 0) is 22.4 Å². The molecule has 28 heavy (non-hydrogen) atoms. The van der Waals surface area contributed by atoms with Crippen molar-refractivity contribution in [2.24, 2.45) is 17.0 Å². The first-order chi connectivity index (χ1) is 13.7. The van der Waals surface area contributed by atoms with Gasteiger partial charge in [-0.2, -0.15) is 0 Å². The molecule has 0 aromatic heterocycles. The van der Waals surface area contributed by atoms with Crippen LogP contribution in [0.1, 0.15) is 30.4 Å². The summed E-state index contributed by atoms with van der Waals surface area (Å²) in [4.78, 5) is 27.9. The third-order valence-electron chi connectivity index (χ3n) is 6.28. The number of benzene rings is 1. The van der Waals surface area contributed by atoms with E-state index in [0.29, 0.717) is 24.8 Å². The van der Waals surface area contributed by atoms with Gasteiger partial charge >= 0.3 is 0 Å². The van der Waals surface area contributed by atoms with E-state index in [0.717, 1.165) is 31.4 Å². The van der Waals surface area contributed by atoms with Gasteiger partial charge in [-0.25, -0.2) is 0 Å². The van der Waals surface area contributed by atoms with E-state index in [9.17, 15) is 9.59 Å². The Morgan fingerprint density at radius 1 is 1.29 bits per heavy atom. The van der Waals surface area contributed by atoms with E-state index in [2.05, 4.69) is 34.7 Å². The van der Waals surface area contributed by atoms with Crippen LogP contribution in [0.3, 0.4) is 0 Å². The van der Waals surface area contributed by atoms with Gasteiger partial charge in [-0.1, -0.05) is 29.4 Å². The number of hydrogen-bond acceptors (Lipinski definition) is 6. The van der Waals surface area contributed by atoms with Crippen molar-refractivity contribution in [3.05, 3.63) is 35.4 Å². The van der Waals surface area contributed by atoms with Crippen LogP contribution in [0, 0.1) is 11.8 Å². The second-order valence-corrected chi connectivity index (χ2v) is 9.01. The molecule has 2 heterocycles. The van der Waals surface area contributed by atoms with Gasteiger partial charge in [0.15, 0.2) is 0 Å². The number of nitrogens with zero attached hydrogens (tertiary/aromatic N) is 2. The topological polar surface area (TPSA) is 82.0 Å². The molecule has 150 valence electrons. The van der Waals surface area contributed by atoms with Crippen molar-refractivity contribution >= 4 is 29.7 Å². The Hall–Kier alpha value is -1.86. The number of Topliss-reactive ketones (excluding diaryl/α,β-unsaturated/α-hetero) is 1.